The Labute approximate surface area is 167 Å². The number of urea groups is 1. The Bertz CT molecular complexity index is 916. The highest BCUT2D eigenvalue weighted by Crippen LogP contribution is 2.19. The highest BCUT2D eigenvalue weighted by atomic mass is 32.2. The number of anilines is 1. The summed E-state index contributed by atoms with van der Waals surface area (Å²) in [6.07, 6.45) is 2.55. The standard InChI is InChI=1S/C21H21FN4OS/c1-15-11-13-23-20(25-15)16-3-7-18(8-4-16)26-21(27)24-12-2-14-28-19-9-5-17(22)6-10-19/h3-11,13H,2,12,14H2,1H3,(H2,24,26,27). The molecule has 0 atom stereocenters. The predicted molar refractivity (Wildman–Crippen MR) is 111 cm³/mol. The fourth-order valence-electron chi connectivity index (χ4n) is 2.46. The molecule has 0 spiro atoms. The predicted octanol–water partition coefficient (Wildman–Crippen LogP) is 4.90. The van der Waals surface area contributed by atoms with E-state index in [4.69, 9.17) is 0 Å². The van der Waals surface area contributed by atoms with Gasteiger partial charge < -0.3 is 10.6 Å². The Hall–Kier alpha value is -2.93. The monoisotopic (exact) mass is 396 g/mol. The first kappa shape index (κ1) is 19.8. The average molecular weight is 396 g/mol. The van der Waals surface area contributed by atoms with Crippen molar-refractivity contribution < 1.29 is 9.18 Å². The summed E-state index contributed by atoms with van der Waals surface area (Å²) in [5.41, 5.74) is 2.51. The van der Waals surface area contributed by atoms with Crippen molar-refractivity contribution in [1.29, 1.82) is 0 Å². The van der Waals surface area contributed by atoms with Crippen LogP contribution >= 0.6 is 11.8 Å². The van der Waals surface area contributed by atoms with Gasteiger partial charge >= 0.3 is 6.03 Å². The lowest BCUT2D eigenvalue weighted by Crippen LogP contribution is -2.29. The number of hydrogen-bond acceptors (Lipinski definition) is 4. The molecular weight excluding hydrogens is 375 g/mol. The van der Waals surface area contributed by atoms with Gasteiger partial charge in [0, 0.05) is 34.6 Å². The highest BCUT2D eigenvalue weighted by Gasteiger charge is 2.04. The molecule has 0 saturated heterocycles. The summed E-state index contributed by atoms with van der Waals surface area (Å²) >= 11 is 1.64. The Balaban J connectivity index is 1.39. The van der Waals surface area contributed by atoms with E-state index in [9.17, 15) is 9.18 Å². The molecule has 144 valence electrons. The molecule has 0 saturated carbocycles. The third kappa shape index (κ3) is 6.06. The Morgan fingerprint density at radius 3 is 2.54 bits per heavy atom. The van der Waals surface area contributed by atoms with Gasteiger partial charge in [0.15, 0.2) is 5.82 Å². The number of benzene rings is 2. The Morgan fingerprint density at radius 2 is 1.82 bits per heavy atom. The molecule has 0 aliphatic rings. The lowest BCUT2D eigenvalue weighted by Gasteiger charge is -2.08. The fourth-order valence-corrected chi connectivity index (χ4v) is 3.31. The van der Waals surface area contributed by atoms with Crippen LogP contribution in [-0.4, -0.2) is 28.3 Å². The normalized spacial score (nSPS) is 10.5. The van der Waals surface area contributed by atoms with Crippen LogP contribution in [0.2, 0.25) is 0 Å². The van der Waals surface area contributed by atoms with Gasteiger partial charge in [0.05, 0.1) is 0 Å². The summed E-state index contributed by atoms with van der Waals surface area (Å²) in [7, 11) is 0. The number of rotatable bonds is 7. The number of amides is 2. The highest BCUT2D eigenvalue weighted by molar-refractivity contribution is 7.99. The summed E-state index contributed by atoms with van der Waals surface area (Å²) < 4.78 is 12.9. The van der Waals surface area contributed by atoms with Crippen molar-refractivity contribution in [2.45, 2.75) is 18.2 Å². The van der Waals surface area contributed by atoms with Gasteiger partial charge in [0.2, 0.25) is 0 Å². The number of carbonyl (C=O) groups excluding carboxylic acids is 1. The van der Waals surface area contributed by atoms with Gasteiger partial charge in [-0.25, -0.2) is 19.2 Å². The first-order chi connectivity index (χ1) is 13.6. The molecule has 1 aromatic heterocycles. The number of carbonyl (C=O) groups is 1. The SMILES string of the molecule is Cc1ccnc(-c2ccc(NC(=O)NCCCSc3ccc(F)cc3)cc2)n1. The van der Waals surface area contributed by atoms with E-state index in [1.807, 2.05) is 37.3 Å². The lowest BCUT2D eigenvalue weighted by atomic mass is 10.2. The summed E-state index contributed by atoms with van der Waals surface area (Å²) in [5, 5.41) is 5.64. The third-order valence-corrected chi connectivity index (χ3v) is 4.98. The van der Waals surface area contributed by atoms with Crippen LogP contribution in [0.5, 0.6) is 0 Å². The first-order valence-corrected chi connectivity index (χ1v) is 9.92. The second-order valence-corrected chi connectivity index (χ2v) is 7.30. The average Bonchev–Trinajstić information content (AvgIpc) is 2.70. The molecule has 3 aromatic rings. The van der Waals surface area contributed by atoms with Crippen molar-refractivity contribution in [3.05, 3.63) is 72.3 Å². The first-order valence-electron chi connectivity index (χ1n) is 8.93. The molecule has 0 unspecified atom stereocenters. The molecule has 0 aliphatic carbocycles. The van der Waals surface area contributed by atoms with Gasteiger partial charge in [-0.2, -0.15) is 0 Å². The Morgan fingerprint density at radius 1 is 1.07 bits per heavy atom. The second kappa shape index (κ2) is 9.85. The lowest BCUT2D eigenvalue weighted by molar-refractivity contribution is 0.252. The minimum Gasteiger partial charge on any atom is -0.338 e. The number of thioether (sulfide) groups is 1. The fraction of sp³-hybridized carbons (Fsp3) is 0.190. The van der Waals surface area contributed by atoms with E-state index in [-0.39, 0.29) is 11.8 Å². The Kier molecular flexibility index (Phi) is 6.97. The van der Waals surface area contributed by atoms with E-state index >= 15 is 0 Å². The van der Waals surface area contributed by atoms with Gasteiger partial charge in [0.25, 0.3) is 0 Å². The van der Waals surface area contributed by atoms with Crippen LogP contribution in [0.25, 0.3) is 11.4 Å². The van der Waals surface area contributed by atoms with Crippen LogP contribution in [0.3, 0.4) is 0 Å². The summed E-state index contributed by atoms with van der Waals surface area (Å²) in [6.45, 7) is 2.48. The minimum atomic E-state index is -0.244. The van der Waals surface area contributed by atoms with Crippen LogP contribution < -0.4 is 10.6 Å². The number of aromatic nitrogens is 2. The van der Waals surface area contributed by atoms with Crippen LogP contribution in [0.4, 0.5) is 14.9 Å². The molecule has 5 nitrogen and oxygen atoms in total. The second-order valence-electron chi connectivity index (χ2n) is 6.14. The van der Waals surface area contributed by atoms with Crippen LogP contribution in [0.1, 0.15) is 12.1 Å². The number of nitrogens with one attached hydrogen (secondary N) is 2. The molecule has 28 heavy (non-hydrogen) atoms. The molecular formula is C21H21FN4OS. The topological polar surface area (TPSA) is 66.9 Å². The maximum absolute atomic E-state index is 12.9. The molecule has 2 N–H and O–H groups in total. The molecule has 2 aromatic carbocycles. The summed E-state index contributed by atoms with van der Waals surface area (Å²) in [6, 6.07) is 15.4. The molecule has 3 rings (SSSR count). The van der Waals surface area contributed by atoms with E-state index in [0.717, 1.165) is 28.3 Å². The van der Waals surface area contributed by atoms with Crippen molar-refractivity contribution in [2.75, 3.05) is 17.6 Å². The maximum Gasteiger partial charge on any atom is 0.319 e. The van der Waals surface area contributed by atoms with Crippen LogP contribution in [0, 0.1) is 12.7 Å². The number of halogens is 1. The van der Waals surface area contributed by atoms with Gasteiger partial charge in [-0.3, -0.25) is 0 Å². The largest absolute Gasteiger partial charge is 0.338 e. The molecule has 7 heteroatoms. The zero-order valence-electron chi connectivity index (χ0n) is 15.5. The van der Waals surface area contributed by atoms with Crippen molar-refractivity contribution in [2.24, 2.45) is 0 Å². The van der Waals surface area contributed by atoms with E-state index < -0.39 is 0 Å². The van der Waals surface area contributed by atoms with E-state index in [0.29, 0.717) is 18.1 Å². The maximum atomic E-state index is 12.9. The van der Waals surface area contributed by atoms with Gasteiger partial charge in [-0.05, 0) is 73.7 Å². The molecule has 2 amide bonds. The van der Waals surface area contributed by atoms with Crippen molar-refractivity contribution >= 4 is 23.5 Å². The third-order valence-electron chi connectivity index (χ3n) is 3.88. The van der Waals surface area contributed by atoms with Gasteiger partial charge in [0.1, 0.15) is 5.82 Å². The molecule has 1 heterocycles. The smallest absolute Gasteiger partial charge is 0.319 e. The van der Waals surface area contributed by atoms with E-state index in [1.165, 1.54) is 12.1 Å². The van der Waals surface area contributed by atoms with E-state index in [1.54, 1.807) is 30.1 Å². The minimum absolute atomic E-state index is 0.234. The number of hydrogen-bond donors (Lipinski definition) is 2. The zero-order valence-corrected chi connectivity index (χ0v) is 16.3. The van der Waals surface area contributed by atoms with Gasteiger partial charge in [-0.15, -0.1) is 11.8 Å². The van der Waals surface area contributed by atoms with Gasteiger partial charge in [-0.1, -0.05) is 0 Å². The molecule has 0 bridgehead atoms. The van der Waals surface area contributed by atoms with Crippen molar-refractivity contribution in [3.63, 3.8) is 0 Å². The van der Waals surface area contributed by atoms with Crippen molar-refractivity contribution in [3.8, 4) is 11.4 Å². The molecule has 0 radical (unpaired) electrons. The molecule has 0 fully saturated rings. The summed E-state index contributed by atoms with van der Waals surface area (Å²) in [4.78, 5) is 21.6. The van der Waals surface area contributed by atoms with Crippen LogP contribution in [0.15, 0.2) is 65.7 Å². The summed E-state index contributed by atoms with van der Waals surface area (Å²) in [5.74, 6) is 1.27. The van der Waals surface area contributed by atoms with Crippen molar-refractivity contribution in [1.82, 2.24) is 15.3 Å². The molecule has 0 aliphatic heterocycles. The van der Waals surface area contributed by atoms with Crippen LogP contribution in [-0.2, 0) is 0 Å². The number of nitrogens with zero attached hydrogens (tertiary/aromatic N) is 2. The zero-order chi connectivity index (χ0) is 19.8. The quantitative estimate of drug-likeness (QED) is 0.441. The number of aryl methyl sites for hydroxylation is 1. The van der Waals surface area contributed by atoms with E-state index in [2.05, 4.69) is 20.6 Å².